The molecular weight excluding hydrogens is 258 g/mol. The van der Waals surface area contributed by atoms with Gasteiger partial charge in [0.25, 0.3) is 6.43 Å². The molecular formula is C8H7BrF2N2O. The molecule has 0 aliphatic heterocycles. The van der Waals surface area contributed by atoms with Crippen molar-refractivity contribution in [1.29, 1.82) is 0 Å². The lowest BCUT2D eigenvalue weighted by Gasteiger charge is -2.07. The molecule has 3 nitrogen and oxygen atoms in total. The number of rotatable bonds is 3. The van der Waals surface area contributed by atoms with Gasteiger partial charge in [-0.05, 0) is 6.07 Å². The van der Waals surface area contributed by atoms with E-state index in [1.807, 2.05) is 0 Å². The minimum Gasteiger partial charge on any atom is -0.383 e. The highest BCUT2D eigenvalue weighted by molar-refractivity contribution is 9.08. The number of nitrogens with two attached hydrogens (primary N) is 1. The van der Waals surface area contributed by atoms with E-state index >= 15 is 0 Å². The quantitative estimate of drug-likeness (QED) is 0.674. The number of carbonyl (C=O) groups excluding carboxylic acids is 1. The first-order chi connectivity index (χ1) is 6.60. The molecule has 0 aliphatic carbocycles. The molecule has 0 saturated heterocycles. The van der Waals surface area contributed by atoms with Gasteiger partial charge >= 0.3 is 0 Å². The summed E-state index contributed by atoms with van der Waals surface area (Å²) < 4.78 is 24.7. The molecule has 2 N–H and O–H groups in total. The van der Waals surface area contributed by atoms with Gasteiger partial charge < -0.3 is 5.73 Å². The summed E-state index contributed by atoms with van der Waals surface area (Å²) in [5, 5.41) is 0.300. The van der Waals surface area contributed by atoms with Crippen LogP contribution in [0, 0.1) is 0 Å². The normalized spacial score (nSPS) is 10.6. The first-order valence-corrected chi connectivity index (χ1v) is 4.81. The lowest BCUT2D eigenvalue weighted by atomic mass is 10.1. The summed E-state index contributed by atoms with van der Waals surface area (Å²) in [5.74, 6) is -0.236. The van der Waals surface area contributed by atoms with Crippen molar-refractivity contribution in [2.24, 2.45) is 0 Å². The highest BCUT2D eigenvalue weighted by Crippen LogP contribution is 2.25. The predicted molar refractivity (Wildman–Crippen MR) is 51.6 cm³/mol. The largest absolute Gasteiger partial charge is 0.383 e. The first kappa shape index (κ1) is 11.0. The van der Waals surface area contributed by atoms with E-state index in [0.717, 1.165) is 6.07 Å². The second-order valence-corrected chi connectivity index (χ2v) is 3.11. The molecule has 0 radical (unpaired) electrons. The predicted octanol–water partition coefficient (Wildman–Crippen LogP) is 2.31. The second-order valence-electron chi connectivity index (χ2n) is 2.55. The molecule has 6 heteroatoms. The molecule has 0 fully saturated rings. The number of anilines is 1. The molecule has 0 atom stereocenters. The van der Waals surface area contributed by atoms with E-state index < -0.39 is 12.0 Å². The fourth-order valence-electron chi connectivity index (χ4n) is 0.983. The maximum Gasteiger partial charge on any atom is 0.267 e. The molecule has 14 heavy (non-hydrogen) atoms. The van der Waals surface area contributed by atoms with E-state index in [1.165, 1.54) is 0 Å². The average Bonchev–Trinajstić information content (AvgIpc) is 2.16. The van der Waals surface area contributed by atoms with Crippen LogP contribution in [0.2, 0.25) is 0 Å². The summed E-state index contributed by atoms with van der Waals surface area (Å²) in [6.07, 6.45) is -2.24. The summed E-state index contributed by atoms with van der Waals surface area (Å²) in [6, 6.07) is 1.07. The molecule has 0 bridgehead atoms. The Hall–Kier alpha value is -1.04. The molecule has 76 valence electrons. The highest BCUT2D eigenvalue weighted by atomic mass is 79.9. The highest BCUT2D eigenvalue weighted by Gasteiger charge is 2.15. The summed E-state index contributed by atoms with van der Waals surface area (Å²) in [6.45, 7) is 0. The van der Waals surface area contributed by atoms with E-state index in [0.29, 0.717) is 17.3 Å². The zero-order valence-electron chi connectivity index (χ0n) is 7.01. The van der Waals surface area contributed by atoms with E-state index in [4.69, 9.17) is 5.73 Å². The zero-order chi connectivity index (χ0) is 10.7. The second kappa shape index (κ2) is 4.45. The number of aromatic nitrogens is 1. The van der Waals surface area contributed by atoms with Crippen LogP contribution in [0.25, 0.3) is 0 Å². The fourth-order valence-corrected chi connectivity index (χ4v) is 1.43. The number of aldehydes is 1. The van der Waals surface area contributed by atoms with E-state index in [-0.39, 0.29) is 11.4 Å². The van der Waals surface area contributed by atoms with Crippen LogP contribution in [-0.2, 0) is 5.33 Å². The van der Waals surface area contributed by atoms with E-state index in [9.17, 15) is 13.6 Å². The molecule has 0 unspecified atom stereocenters. The van der Waals surface area contributed by atoms with Crippen LogP contribution < -0.4 is 5.73 Å². The standard InChI is InChI=1S/C8H7BrF2N2O/c9-2-6-4(3-14)1-5(7(10)11)8(12)13-6/h1,3,7H,2H2,(H2,12,13). The number of pyridine rings is 1. The third-order valence-electron chi connectivity index (χ3n) is 1.68. The molecule has 1 aromatic rings. The molecule has 0 saturated carbocycles. The molecule has 1 rings (SSSR count). The van der Waals surface area contributed by atoms with Gasteiger partial charge in [-0.15, -0.1) is 0 Å². The van der Waals surface area contributed by atoms with Gasteiger partial charge in [0, 0.05) is 10.9 Å². The van der Waals surface area contributed by atoms with Crippen LogP contribution in [0.4, 0.5) is 14.6 Å². The number of carbonyl (C=O) groups is 1. The first-order valence-electron chi connectivity index (χ1n) is 3.68. The lowest BCUT2D eigenvalue weighted by Crippen LogP contribution is -2.04. The number of hydrogen-bond acceptors (Lipinski definition) is 3. The Bertz CT molecular complexity index is 357. The number of alkyl halides is 3. The Kier molecular flexibility index (Phi) is 3.51. The Labute approximate surface area is 87.4 Å². The third-order valence-corrected chi connectivity index (χ3v) is 2.22. The van der Waals surface area contributed by atoms with Gasteiger partial charge in [0.05, 0.1) is 11.3 Å². The average molecular weight is 265 g/mol. The van der Waals surface area contributed by atoms with Crippen LogP contribution >= 0.6 is 15.9 Å². The van der Waals surface area contributed by atoms with Gasteiger partial charge in [-0.3, -0.25) is 4.79 Å². The van der Waals surface area contributed by atoms with Crippen molar-refractivity contribution in [2.45, 2.75) is 11.8 Å². The van der Waals surface area contributed by atoms with Crippen molar-refractivity contribution < 1.29 is 13.6 Å². The number of hydrogen-bond donors (Lipinski definition) is 1. The topological polar surface area (TPSA) is 56.0 Å². The van der Waals surface area contributed by atoms with Gasteiger partial charge in [-0.2, -0.15) is 0 Å². The SMILES string of the molecule is Nc1nc(CBr)c(C=O)cc1C(F)F. The van der Waals surface area contributed by atoms with Crippen molar-refractivity contribution in [3.05, 3.63) is 22.9 Å². The Morgan fingerprint density at radius 3 is 2.71 bits per heavy atom. The zero-order valence-corrected chi connectivity index (χ0v) is 8.59. The van der Waals surface area contributed by atoms with Crippen LogP contribution in [0.5, 0.6) is 0 Å². The van der Waals surface area contributed by atoms with Gasteiger partial charge in [0.2, 0.25) is 0 Å². The molecule has 1 heterocycles. The monoisotopic (exact) mass is 264 g/mol. The minimum absolute atomic E-state index is 0.131. The number of halogens is 3. The van der Waals surface area contributed by atoms with Gasteiger partial charge in [0.15, 0.2) is 6.29 Å². The van der Waals surface area contributed by atoms with E-state index in [1.54, 1.807) is 0 Å². The maximum absolute atomic E-state index is 12.3. The third kappa shape index (κ3) is 2.06. The molecule has 0 aromatic carbocycles. The molecule has 0 aliphatic rings. The molecule has 1 aromatic heterocycles. The maximum atomic E-state index is 12.3. The Morgan fingerprint density at radius 2 is 2.29 bits per heavy atom. The van der Waals surface area contributed by atoms with Crippen molar-refractivity contribution in [3.8, 4) is 0 Å². The van der Waals surface area contributed by atoms with Crippen molar-refractivity contribution in [2.75, 3.05) is 5.73 Å². The number of nitrogens with zero attached hydrogens (tertiary/aromatic N) is 1. The van der Waals surface area contributed by atoms with Gasteiger partial charge in [-0.25, -0.2) is 13.8 Å². The van der Waals surface area contributed by atoms with Gasteiger partial charge in [-0.1, -0.05) is 15.9 Å². The number of nitrogen functional groups attached to an aromatic ring is 1. The molecule has 0 amide bonds. The van der Waals surface area contributed by atoms with Gasteiger partial charge in [0.1, 0.15) is 5.82 Å². The fraction of sp³-hybridized carbons (Fsp3) is 0.250. The minimum atomic E-state index is -2.72. The lowest BCUT2D eigenvalue weighted by molar-refractivity contribution is 0.112. The molecule has 0 spiro atoms. The van der Waals surface area contributed by atoms with Crippen molar-refractivity contribution in [1.82, 2.24) is 4.98 Å². The summed E-state index contributed by atoms with van der Waals surface area (Å²) in [7, 11) is 0. The van der Waals surface area contributed by atoms with Crippen molar-refractivity contribution in [3.63, 3.8) is 0 Å². The summed E-state index contributed by atoms with van der Waals surface area (Å²) >= 11 is 3.08. The summed E-state index contributed by atoms with van der Waals surface area (Å²) in [5.41, 5.74) is 5.38. The smallest absolute Gasteiger partial charge is 0.267 e. The van der Waals surface area contributed by atoms with Crippen LogP contribution in [0.1, 0.15) is 28.0 Å². The van der Waals surface area contributed by atoms with E-state index in [2.05, 4.69) is 20.9 Å². The van der Waals surface area contributed by atoms with Crippen LogP contribution in [-0.4, -0.2) is 11.3 Å². The Morgan fingerprint density at radius 1 is 1.64 bits per heavy atom. The van der Waals surface area contributed by atoms with Crippen LogP contribution in [0.3, 0.4) is 0 Å². The summed E-state index contributed by atoms with van der Waals surface area (Å²) in [4.78, 5) is 14.2. The Balaban J connectivity index is 3.30. The van der Waals surface area contributed by atoms with Crippen LogP contribution in [0.15, 0.2) is 6.07 Å². The van der Waals surface area contributed by atoms with Crippen molar-refractivity contribution >= 4 is 28.0 Å².